The number of nitrogens with one attached hydrogen (secondary N) is 1. The smallest absolute Gasteiger partial charge is 0.119 e. The fraction of sp³-hybridized carbons (Fsp3) is 0.455. The number of fused-ring (bicyclic) bond motifs is 1. The van der Waals surface area contributed by atoms with Gasteiger partial charge in [0.2, 0.25) is 0 Å². The van der Waals surface area contributed by atoms with Gasteiger partial charge in [-0.15, -0.1) is 0 Å². The van der Waals surface area contributed by atoms with Gasteiger partial charge in [-0.2, -0.15) is 0 Å². The van der Waals surface area contributed by atoms with Crippen molar-refractivity contribution in [1.82, 2.24) is 0 Å². The molecule has 0 spiro atoms. The monoisotopic (exact) mass is 177 g/mol. The summed E-state index contributed by atoms with van der Waals surface area (Å²) >= 11 is 0. The number of methoxy groups -OCH3 is 1. The number of hydrogen-bond donors (Lipinski definition) is 1. The Morgan fingerprint density at radius 3 is 3.08 bits per heavy atom. The zero-order valence-electron chi connectivity index (χ0n) is 8.13. The first-order valence-corrected chi connectivity index (χ1v) is 4.77. The maximum atomic E-state index is 5.20. The van der Waals surface area contributed by atoms with E-state index in [9.17, 15) is 0 Å². The van der Waals surface area contributed by atoms with E-state index in [4.69, 9.17) is 4.74 Å². The summed E-state index contributed by atoms with van der Waals surface area (Å²) in [6, 6.07) is 6.25. The van der Waals surface area contributed by atoms with Crippen LogP contribution in [0.25, 0.3) is 0 Å². The fourth-order valence-corrected chi connectivity index (χ4v) is 1.87. The van der Waals surface area contributed by atoms with Crippen LogP contribution in [-0.4, -0.2) is 13.7 Å². The second-order valence-corrected chi connectivity index (χ2v) is 3.44. The van der Waals surface area contributed by atoms with Crippen LogP contribution in [0.2, 0.25) is 0 Å². The van der Waals surface area contributed by atoms with Crippen LogP contribution in [0.3, 0.4) is 0 Å². The van der Waals surface area contributed by atoms with E-state index in [0.717, 1.165) is 12.3 Å². The highest BCUT2D eigenvalue weighted by molar-refractivity contribution is 5.60. The van der Waals surface area contributed by atoms with Gasteiger partial charge in [0.15, 0.2) is 0 Å². The molecule has 1 heterocycles. The van der Waals surface area contributed by atoms with Crippen LogP contribution in [0.4, 0.5) is 5.69 Å². The zero-order valence-corrected chi connectivity index (χ0v) is 8.13. The first-order valence-electron chi connectivity index (χ1n) is 4.77. The normalized spacial score (nSPS) is 19.4. The lowest BCUT2D eigenvalue weighted by atomic mass is 9.99. The molecule has 1 aromatic carbocycles. The number of anilines is 1. The summed E-state index contributed by atoms with van der Waals surface area (Å²) in [5.41, 5.74) is 2.68. The Morgan fingerprint density at radius 1 is 1.54 bits per heavy atom. The quantitative estimate of drug-likeness (QED) is 0.749. The maximum Gasteiger partial charge on any atom is 0.119 e. The van der Waals surface area contributed by atoms with Gasteiger partial charge in [-0.3, -0.25) is 0 Å². The topological polar surface area (TPSA) is 21.3 Å². The van der Waals surface area contributed by atoms with E-state index in [1.165, 1.54) is 17.7 Å². The first kappa shape index (κ1) is 8.42. The molecule has 0 aromatic heterocycles. The maximum absolute atomic E-state index is 5.20. The Morgan fingerprint density at radius 2 is 2.38 bits per heavy atom. The van der Waals surface area contributed by atoms with Crippen molar-refractivity contribution in [2.75, 3.05) is 19.0 Å². The van der Waals surface area contributed by atoms with Crippen molar-refractivity contribution in [3.05, 3.63) is 23.8 Å². The van der Waals surface area contributed by atoms with E-state index < -0.39 is 0 Å². The Bertz CT molecular complexity index is 309. The molecule has 1 N–H and O–H groups in total. The predicted molar refractivity (Wildman–Crippen MR) is 54.5 cm³/mol. The molecule has 1 aromatic rings. The number of ether oxygens (including phenoxy) is 1. The van der Waals surface area contributed by atoms with E-state index in [0.29, 0.717) is 5.92 Å². The van der Waals surface area contributed by atoms with Crippen LogP contribution in [0, 0.1) is 0 Å². The highest BCUT2D eigenvalue weighted by Crippen LogP contribution is 2.35. The van der Waals surface area contributed by atoms with Gasteiger partial charge < -0.3 is 10.1 Å². The third-order valence-corrected chi connectivity index (χ3v) is 2.73. The number of hydrogen-bond acceptors (Lipinski definition) is 2. The second kappa shape index (κ2) is 3.29. The third-order valence-electron chi connectivity index (χ3n) is 2.73. The Balaban J connectivity index is 2.37. The Kier molecular flexibility index (Phi) is 2.13. The molecule has 0 aliphatic carbocycles. The molecule has 2 nitrogen and oxygen atoms in total. The van der Waals surface area contributed by atoms with E-state index in [1.807, 2.05) is 6.07 Å². The van der Waals surface area contributed by atoms with Gasteiger partial charge in [-0.05, 0) is 30.2 Å². The van der Waals surface area contributed by atoms with Crippen molar-refractivity contribution >= 4 is 5.69 Å². The zero-order chi connectivity index (χ0) is 9.26. The number of rotatable bonds is 2. The van der Waals surface area contributed by atoms with Crippen molar-refractivity contribution in [2.24, 2.45) is 0 Å². The van der Waals surface area contributed by atoms with Gasteiger partial charge >= 0.3 is 0 Å². The largest absolute Gasteiger partial charge is 0.497 e. The summed E-state index contributed by atoms with van der Waals surface area (Å²) in [5, 5.41) is 3.40. The van der Waals surface area contributed by atoms with Crippen LogP contribution >= 0.6 is 0 Å². The van der Waals surface area contributed by atoms with Crippen molar-refractivity contribution < 1.29 is 4.74 Å². The molecule has 0 amide bonds. The van der Waals surface area contributed by atoms with Gasteiger partial charge in [-0.1, -0.05) is 6.92 Å². The Hall–Kier alpha value is -1.18. The fourth-order valence-electron chi connectivity index (χ4n) is 1.87. The lowest BCUT2D eigenvalue weighted by molar-refractivity contribution is 0.414. The SMILES string of the molecule is CC[C@H]1CNc2ccc(OC)cc21. The molecule has 0 fully saturated rings. The molecule has 1 aliphatic rings. The third kappa shape index (κ3) is 1.37. The van der Waals surface area contributed by atoms with Crippen molar-refractivity contribution in [2.45, 2.75) is 19.3 Å². The van der Waals surface area contributed by atoms with Crippen LogP contribution in [0.5, 0.6) is 5.75 Å². The molecule has 1 aliphatic heterocycles. The van der Waals surface area contributed by atoms with Gasteiger partial charge in [0.05, 0.1) is 7.11 Å². The summed E-state index contributed by atoms with van der Waals surface area (Å²) in [6.07, 6.45) is 1.19. The number of benzene rings is 1. The predicted octanol–water partition coefficient (Wildman–Crippen LogP) is 2.61. The molecule has 70 valence electrons. The highest BCUT2D eigenvalue weighted by Gasteiger charge is 2.20. The van der Waals surface area contributed by atoms with E-state index in [2.05, 4.69) is 24.4 Å². The van der Waals surface area contributed by atoms with E-state index in [1.54, 1.807) is 7.11 Å². The summed E-state index contributed by atoms with van der Waals surface area (Å²) in [4.78, 5) is 0. The van der Waals surface area contributed by atoms with Gasteiger partial charge in [-0.25, -0.2) is 0 Å². The lowest BCUT2D eigenvalue weighted by Crippen LogP contribution is -1.99. The molecule has 0 unspecified atom stereocenters. The molecular formula is C11H15NO. The molecule has 0 saturated carbocycles. The Labute approximate surface area is 78.9 Å². The minimum absolute atomic E-state index is 0.657. The molecule has 0 saturated heterocycles. The summed E-state index contributed by atoms with van der Waals surface area (Å²) < 4.78 is 5.20. The standard InChI is InChI=1S/C11H15NO/c1-3-8-7-12-11-5-4-9(13-2)6-10(8)11/h4-6,8,12H,3,7H2,1-2H3/t8-/m0/s1. The van der Waals surface area contributed by atoms with E-state index in [-0.39, 0.29) is 0 Å². The van der Waals surface area contributed by atoms with Gasteiger partial charge in [0.1, 0.15) is 5.75 Å². The van der Waals surface area contributed by atoms with Gasteiger partial charge in [0.25, 0.3) is 0 Å². The molecule has 13 heavy (non-hydrogen) atoms. The van der Waals surface area contributed by atoms with Crippen LogP contribution in [0.1, 0.15) is 24.8 Å². The molecule has 1 atom stereocenters. The first-order chi connectivity index (χ1) is 6.35. The molecule has 2 rings (SSSR count). The molecular weight excluding hydrogens is 162 g/mol. The van der Waals surface area contributed by atoms with Gasteiger partial charge in [0, 0.05) is 18.2 Å². The van der Waals surface area contributed by atoms with E-state index >= 15 is 0 Å². The minimum Gasteiger partial charge on any atom is -0.497 e. The average Bonchev–Trinajstić information content (AvgIpc) is 2.59. The molecule has 0 bridgehead atoms. The van der Waals surface area contributed by atoms with Crippen molar-refractivity contribution in [1.29, 1.82) is 0 Å². The molecule has 0 radical (unpaired) electrons. The summed E-state index contributed by atoms with van der Waals surface area (Å²) in [5.74, 6) is 1.62. The summed E-state index contributed by atoms with van der Waals surface area (Å²) in [7, 11) is 1.71. The van der Waals surface area contributed by atoms with Crippen molar-refractivity contribution in [3.63, 3.8) is 0 Å². The van der Waals surface area contributed by atoms with Crippen LogP contribution in [-0.2, 0) is 0 Å². The average molecular weight is 177 g/mol. The lowest BCUT2D eigenvalue weighted by Gasteiger charge is -2.07. The molecule has 2 heteroatoms. The highest BCUT2D eigenvalue weighted by atomic mass is 16.5. The second-order valence-electron chi connectivity index (χ2n) is 3.44. The van der Waals surface area contributed by atoms with Crippen LogP contribution in [0.15, 0.2) is 18.2 Å². The summed E-state index contributed by atoms with van der Waals surface area (Å²) in [6.45, 7) is 3.29. The van der Waals surface area contributed by atoms with Crippen LogP contribution < -0.4 is 10.1 Å². The van der Waals surface area contributed by atoms with Crippen molar-refractivity contribution in [3.8, 4) is 5.75 Å². The minimum atomic E-state index is 0.657.